The number of hydrogen-bond donors (Lipinski definition) is 0. The lowest BCUT2D eigenvalue weighted by molar-refractivity contribution is -0.101. The van der Waals surface area contributed by atoms with Crippen LogP contribution in [0.2, 0.25) is 0 Å². The molecule has 0 saturated carbocycles. The highest BCUT2D eigenvalue weighted by Crippen LogP contribution is 2.39. The van der Waals surface area contributed by atoms with Crippen LogP contribution in [0.5, 0.6) is 5.75 Å². The fourth-order valence-electron chi connectivity index (χ4n) is 3.71. The molecule has 1 aliphatic heterocycles. The van der Waals surface area contributed by atoms with Crippen molar-refractivity contribution in [3.8, 4) is 16.9 Å². The molecule has 0 amide bonds. The summed E-state index contributed by atoms with van der Waals surface area (Å²) in [6.45, 7) is 0.290. The maximum absolute atomic E-state index is 14.5. The first kappa shape index (κ1) is 17.9. The standard InChI is InChI=1S/C20H20F3N3O/c1-25-8-7-19(20(22,23)12-25)26-11-13-9-15(14-5-3-4-6-16(14)21)18(27-2)10-17(13)24-26/h3-6,9-11,19H,7-8,12H2,1-2H3. The number of alkyl halides is 2. The van der Waals surface area contributed by atoms with Crippen LogP contribution in [-0.4, -0.2) is 47.8 Å². The Morgan fingerprint density at radius 2 is 1.96 bits per heavy atom. The molecule has 0 bridgehead atoms. The summed E-state index contributed by atoms with van der Waals surface area (Å²) in [6.07, 6.45) is 1.93. The second kappa shape index (κ2) is 6.56. The van der Waals surface area contributed by atoms with Crippen molar-refractivity contribution in [1.29, 1.82) is 0 Å². The molecule has 0 radical (unpaired) electrons. The number of hydrogen-bond acceptors (Lipinski definition) is 3. The van der Waals surface area contributed by atoms with Crippen LogP contribution in [0, 0.1) is 5.82 Å². The van der Waals surface area contributed by atoms with E-state index in [-0.39, 0.29) is 12.4 Å². The van der Waals surface area contributed by atoms with Gasteiger partial charge in [0, 0.05) is 35.3 Å². The first-order valence-corrected chi connectivity index (χ1v) is 8.77. The first-order valence-electron chi connectivity index (χ1n) is 8.77. The summed E-state index contributed by atoms with van der Waals surface area (Å²) >= 11 is 0. The third kappa shape index (κ3) is 3.16. The Hall–Kier alpha value is -2.54. The number of nitrogens with zero attached hydrogens (tertiary/aromatic N) is 3. The number of ether oxygens (including phenoxy) is 1. The minimum absolute atomic E-state index is 0.294. The third-order valence-corrected chi connectivity index (χ3v) is 5.08. The molecule has 4 rings (SSSR count). The summed E-state index contributed by atoms with van der Waals surface area (Å²) in [4.78, 5) is 1.62. The molecule has 1 fully saturated rings. The quantitative estimate of drug-likeness (QED) is 0.681. The molecule has 1 saturated heterocycles. The van der Waals surface area contributed by atoms with E-state index < -0.39 is 12.0 Å². The van der Waals surface area contributed by atoms with Gasteiger partial charge in [-0.05, 0) is 25.6 Å². The number of halogens is 3. The molecule has 4 nitrogen and oxygen atoms in total. The Bertz CT molecular complexity index is 986. The van der Waals surface area contributed by atoms with E-state index in [9.17, 15) is 13.2 Å². The smallest absolute Gasteiger partial charge is 0.282 e. The lowest BCUT2D eigenvalue weighted by Crippen LogP contribution is -2.47. The molecule has 27 heavy (non-hydrogen) atoms. The minimum Gasteiger partial charge on any atom is -0.496 e. The lowest BCUT2D eigenvalue weighted by Gasteiger charge is -2.36. The molecule has 2 heterocycles. The molecule has 1 atom stereocenters. The van der Waals surface area contributed by atoms with Crippen LogP contribution in [0.1, 0.15) is 12.5 Å². The molecule has 0 N–H and O–H groups in total. The van der Waals surface area contributed by atoms with Gasteiger partial charge in [-0.2, -0.15) is 5.10 Å². The van der Waals surface area contributed by atoms with Crippen LogP contribution in [0.4, 0.5) is 13.2 Å². The zero-order valence-corrected chi connectivity index (χ0v) is 15.1. The van der Waals surface area contributed by atoms with E-state index in [2.05, 4.69) is 5.10 Å². The van der Waals surface area contributed by atoms with Gasteiger partial charge in [-0.15, -0.1) is 0 Å². The van der Waals surface area contributed by atoms with Crippen LogP contribution in [0.25, 0.3) is 22.0 Å². The summed E-state index contributed by atoms with van der Waals surface area (Å²) < 4.78 is 50.0. The molecule has 0 aliphatic carbocycles. The van der Waals surface area contributed by atoms with Gasteiger partial charge in [-0.25, -0.2) is 13.2 Å². The minimum atomic E-state index is -2.87. The Balaban J connectivity index is 1.80. The van der Waals surface area contributed by atoms with Gasteiger partial charge in [0.25, 0.3) is 5.92 Å². The highest BCUT2D eigenvalue weighted by atomic mass is 19.3. The van der Waals surface area contributed by atoms with E-state index in [1.165, 1.54) is 17.9 Å². The number of aromatic nitrogens is 2. The lowest BCUT2D eigenvalue weighted by atomic mass is 10.0. The number of methoxy groups -OCH3 is 1. The average Bonchev–Trinajstić information content (AvgIpc) is 3.02. The van der Waals surface area contributed by atoms with E-state index in [1.807, 2.05) is 0 Å². The molecular formula is C20H20F3N3O. The normalized spacial score (nSPS) is 20.1. The zero-order valence-electron chi connectivity index (χ0n) is 15.1. The molecular weight excluding hydrogens is 355 g/mol. The maximum atomic E-state index is 14.5. The van der Waals surface area contributed by atoms with Gasteiger partial charge in [0.05, 0.1) is 19.2 Å². The number of rotatable bonds is 3. The Morgan fingerprint density at radius 3 is 2.67 bits per heavy atom. The van der Waals surface area contributed by atoms with Crippen molar-refractivity contribution in [2.45, 2.75) is 18.4 Å². The van der Waals surface area contributed by atoms with Crippen LogP contribution < -0.4 is 4.74 Å². The van der Waals surface area contributed by atoms with Gasteiger partial charge in [0.2, 0.25) is 0 Å². The van der Waals surface area contributed by atoms with Crippen LogP contribution in [0.15, 0.2) is 42.6 Å². The van der Waals surface area contributed by atoms with E-state index in [0.29, 0.717) is 40.7 Å². The summed E-state index contributed by atoms with van der Waals surface area (Å²) in [6, 6.07) is 8.80. The van der Waals surface area contributed by atoms with E-state index in [1.54, 1.807) is 48.5 Å². The van der Waals surface area contributed by atoms with Crippen molar-refractivity contribution in [3.63, 3.8) is 0 Å². The second-order valence-electron chi connectivity index (χ2n) is 7.00. The second-order valence-corrected chi connectivity index (χ2v) is 7.00. The monoisotopic (exact) mass is 375 g/mol. The Kier molecular flexibility index (Phi) is 4.34. The summed E-state index contributed by atoms with van der Waals surface area (Å²) in [7, 11) is 3.18. The fourth-order valence-corrected chi connectivity index (χ4v) is 3.71. The van der Waals surface area contributed by atoms with Gasteiger partial charge in [0.1, 0.15) is 17.6 Å². The molecule has 1 unspecified atom stereocenters. The van der Waals surface area contributed by atoms with Gasteiger partial charge in [-0.3, -0.25) is 4.68 Å². The fraction of sp³-hybridized carbons (Fsp3) is 0.350. The summed E-state index contributed by atoms with van der Waals surface area (Å²) in [5.41, 5.74) is 1.51. The highest BCUT2D eigenvalue weighted by Gasteiger charge is 2.45. The Morgan fingerprint density at radius 1 is 1.19 bits per heavy atom. The third-order valence-electron chi connectivity index (χ3n) is 5.08. The van der Waals surface area contributed by atoms with Crippen LogP contribution in [0.3, 0.4) is 0 Å². The number of piperidine rings is 1. The molecule has 142 valence electrons. The van der Waals surface area contributed by atoms with Crippen molar-refractivity contribution < 1.29 is 17.9 Å². The van der Waals surface area contributed by atoms with Crippen molar-refractivity contribution in [3.05, 3.63) is 48.4 Å². The summed E-state index contributed by atoms with van der Waals surface area (Å²) in [5.74, 6) is -2.79. The number of fused-ring (bicyclic) bond motifs is 1. The predicted molar refractivity (Wildman–Crippen MR) is 97.8 cm³/mol. The molecule has 1 aromatic heterocycles. The molecule has 2 aromatic carbocycles. The van der Waals surface area contributed by atoms with Gasteiger partial charge in [0.15, 0.2) is 0 Å². The van der Waals surface area contributed by atoms with Crippen molar-refractivity contribution >= 4 is 10.9 Å². The largest absolute Gasteiger partial charge is 0.496 e. The predicted octanol–water partition coefficient (Wildman–Crippen LogP) is 4.36. The molecule has 0 spiro atoms. The Labute approximate surface area is 155 Å². The van der Waals surface area contributed by atoms with Gasteiger partial charge < -0.3 is 9.64 Å². The topological polar surface area (TPSA) is 30.3 Å². The SMILES string of the molecule is COc1cc2nn(C3CCN(C)CC3(F)F)cc2cc1-c1ccccc1F. The van der Waals surface area contributed by atoms with Crippen LogP contribution in [-0.2, 0) is 0 Å². The van der Waals surface area contributed by atoms with E-state index in [0.717, 1.165) is 0 Å². The highest BCUT2D eigenvalue weighted by molar-refractivity contribution is 5.88. The van der Waals surface area contributed by atoms with E-state index in [4.69, 9.17) is 4.74 Å². The number of likely N-dealkylation sites (tertiary alicyclic amines) is 1. The van der Waals surface area contributed by atoms with Crippen molar-refractivity contribution in [2.75, 3.05) is 27.2 Å². The maximum Gasteiger partial charge on any atom is 0.282 e. The summed E-state index contributed by atoms with van der Waals surface area (Å²) in [5, 5.41) is 5.04. The average molecular weight is 375 g/mol. The van der Waals surface area contributed by atoms with Gasteiger partial charge in [-0.1, -0.05) is 18.2 Å². The van der Waals surface area contributed by atoms with Gasteiger partial charge >= 0.3 is 0 Å². The molecule has 3 aromatic rings. The van der Waals surface area contributed by atoms with E-state index >= 15 is 0 Å². The number of benzene rings is 2. The zero-order chi connectivity index (χ0) is 19.2. The first-order chi connectivity index (χ1) is 12.9. The van der Waals surface area contributed by atoms with Crippen molar-refractivity contribution in [1.82, 2.24) is 14.7 Å². The molecule has 1 aliphatic rings. The molecule has 7 heteroatoms. The van der Waals surface area contributed by atoms with Crippen molar-refractivity contribution in [2.24, 2.45) is 0 Å². The van der Waals surface area contributed by atoms with Crippen LogP contribution >= 0.6 is 0 Å².